The van der Waals surface area contributed by atoms with Crippen molar-refractivity contribution in [2.45, 2.75) is 24.6 Å². The highest BCUT2D eigenvalue weighted by atomic mass is 32.2. The predicted octanol–water partition coefficient (Wildman–Crippen LogP) is 3.41. The molecule has 2 aromatic carbocycles. The number of fused-ring (bicyclic) bond motifs is 1. The summed E-state index contributed by atoms with van der Waals surface area (Å²) in [5.41, 5.74) is 1.61. The molecule has 0 aliphatic heterocycles. The molecule has 0 saturated carbocycles. The Kier molecular flexibility index (Phi) is 5.70. The van der Waals surface area contributed by atoms with Crippen LogP contribution < -0.4 is 4.72 Å². The minimum atomic E-state index is -3.76. The second-order valence-electron chi connectivity index (χ2n) is 6.08. The fourth-order valence-corrected chi connectivity index (χ4v) is 4.90. The van der Waals surface area contributed by atoms with E-state index in [4.69, 9.17) is 0 Å². The number of carboxylic acid groups (broad SMARTS) is 1. The van der Waals surface area contributed by atoms with Crippen molar-refractivity contribution in [3.63, 3.8) is 0 Å². The van der Waals surface area contributed by atoms with E-state index >= 15 is 0 Å². The molecule has 3 aromatic rings. The van der Waals surface area contributed by atoms with Crippen LogP contribution in [0.1, 0.15) is 17.5 Å². The second-order valence-corrected chi connectivity index (χ2v) is 8.79. The van der Waals surface area contributed by atoms with Crippen molar-refractivity contribution < 1.29 is 18.3 Å². The zero-order valence-electron chi connectivity index (χ0n) is 14.0. The Morgan fingerprint density at radius 3 is 2.58 bits per heavy atom. The molecule has 0 unspecified atom stereocenters. The molecule has 0 aliphatic rings. The van der Waals surface area contributed by atoms with Crippen LogP contribution in [0.5, 0.6) is 0 Å². The third kappa shape index (κ3) is 4.91. The van der Waals surface area contributed by atoms with Gasteiger partial charge in [-0.2, -0.15) is 0 Å². The molecular formula is C19H19NO4S2. The van der Waals surface area contributed by atoms with E-state index in [0.29, 0.717) is 12.0 Å². The fourth-order valence-electron chi connectivity index (χ4n) is 2.77. The standard InChI is InChI=1S/C19H19NO4S2/c21-19(22)17(8-6-14-4-2-1-3-5-14)20-26(23,24)13-15-7-9-18-16(12-15)10-11-25-18/h1-5,7,9-12,17,20H,6,8,13H2,(H,21,22)/t17-/m1/s1. The monoisotopic (exact) mass is 389 g/mol. The lowest BCUT2D eigenvalue weighted by Gasteiger charge is -2.15. The van der Waals surface area contributed by atoms with Crippen LogP contribution in [-0.2, 0) is 27.0 Å². The average molecular weight is 389 g/mol. The van der Waals surface area contributed by atoms with Gasteiger partial charge in [0.1, 0.15) is 6.04 Å². The first-order valence-corrected chi connectivity index (χ1v) is 10.7. The zero-order chi connectivity index (χ0) is 18.6. The van der Waals surface area contributed by atoms with E-state index in [2.05, 4.69) is 4.72 Å². The summed E-state index contributed by atoms with van der Waals surface area (Å²) in [7, 11) is -3.76. The number of thiophene rings is 1. The maximum absolute atomic E-state index is 12.4. The highest BCUT2D eigenvalue weighted by Gasteiger charge is 2.24. The highest BCUT2D eigenvalue weighted by molar-refractivity contribution is 7.88. The summed E-state index contributed by atoms with van der Waals surface area (Å²) in [6, 6.07) is 15.7. The molecule has 5 nitrogen and oxygen atoms in total. The van der Waals surface area contributed by atoms with Crippen molar-refractivity contribution in [1.29, 1.82) is 0 Å². The predicted molar refractivity (Wildman–Crippen MR) is 104 cm³/mol. The van der Waals surface area contributed by atoms with E-state index in [1.54, 1.807) is 17.4 Å². The largest absolute Gasteiger partial charge is 0.480 e. The van der Waals surface area contributed by atoms with Crippen LogP contribution in [-0.4, -0.2) is 25.5 Å². The van der Waals surface area contributed by atoms with Crippen LogP contribution in [0, 0.1) is 0 Å². The number of benzene rings is 2. The molecule has 0 bridgehead atoms. The van der Waals surface area contributed by atoms with E-state index in [9.17, 15) is 18.3 Å². The molecule has 1 atom stereocenters. The molecule has 0 saturated heterocycles. The van der Waals surface area contributed by atoms with Crippen LogP contribution in [0.2, 0.25) is 0 Å². The Bertz CT molecular complexity index is 997. The molecule has 1 aromatic heterocycles. The Balaban J connectivity index is 1.67. The highest BCUT2D eigenvalue weighted by Crippen LogP contribution is 2.22. The lowest BCUT2D eigenvalue weighted by Crippen LogP contribution is -2.41. The van der Waals surface area contributed by atoms with Crippen molar-refractivity contribution in [1.82, 2.24) is 4.72 Å². The topological polar surface area (TPSA) is 83.5 Å². The number of nitrogens with one attached hydrogen (secondary N) is 1. The van der Waals surface area contributed by atoms with Gasteiger partial charge in [0.2, 0.25) is 10.0 Å². The first kappa shape index (κ1) is 18.6. The summed E-state index contributed by atoms with van der Waals surface area (Å²) in [4.78, 5) is 11.5. The van der Waals surface area contributed by atoms with Gasteiger partial charge in [0.25, 0.3) is 0 Å². The van der Waals surface area contributed by atoms with Crippen LogP contribution in [0.3, 0.4) is 0 Å². The van der Waals surface area contributed by atoms with Gasteiger partial charge in [-0.3, -0.25) is 4.79 Å². The molecule has 0 amide bonds. The Hall–Kier alpha value is -2.22. The molecule has 26 heavy (non-hydrogen) atoms. The number of hydrogen-bond acceptors (Lipinski definition) is 4. The van der Waals surface area contributed by atoms with Crippen LogP contribution in [0.4, 0.5) is 0 Å². The van der Waals surface area contributed by atoms with Gasteiger partial charge in [0.05, 0.1) is 5.75 Å². The molecule has 0 radical (unpaired) electrons. The van der Waals surface area contributed by atoms with Gasteiger partial charge >= 0.3 is 5.97 Å². The lowest BCUT2D eigenvalue weighted by atomic mass is 10.1. The van der Waals surface area contributed by atoms with Gasteiger partial charge in [0, 0.05) is 4.70 Å². The summed E-state index contributed by atoms with van der Waals surface area (Å²) in [6.07, 6.45) is 0.684. The third-order valence-electron chi connectivity index (χ3n) is 4.06. The summed E-state index contributed by atoms with van der Waals surface area (Å²) in [5.74, 6) is -1.41. The fraction of sp³-hybridized carbons (Fsp3) is 0.211. The average Bonchev–Trinajstić information content (AvgIpc) is 3.06. The van der Waals surface area contributed by atoms with E-state index in [1.807, 2.05) is 53.9 Å². The first-order chi connectivity index (χ1) is 12.4. The quantitative estimate of drug-likeness (QED) is 0.618. The van der Waals surface area contributed by atoms with Gasteiger partial charge in [-0.15, -0.1) is 11.3 Å². The molecule has 0 aliphatic carbocycles. The van der Waals surface area contributed by atoms with Crippen molar-refractivity contribution in [3.8, 4) is 0 Å². The van der Waals surface area contributed by atoms with Crippen LogP contribution in [0.15, 0.2) is 60.0 Å². The molecular weight excluding hydrogens is 370 g/mol. The molecule has 2 N–H and O–H groups in total. The number of rotatable bonds is 8. The molecule has 7 heteroatoms. The molecule has 0 spiro atoms. The van der Waals surface area contributed by atoms with Gasteiger partial charge in [-0.05, 0) is 52.9 Å². The molecule has 3 rings (SSSR count). The summed E-state index contributed by atoms with van der Waals surface area (Å²) in [6.45, 7) is 0. The minimum absolute atomic E-state index is 0.197. The SMILES string of the molecule is O=C(O)[C@@H](CCc1ccccc1)NS(=O)(=O)Cc1ccc2sccc2c1. The maximum atomic E-state index is 12.4. The second kappa shape index (κ2) is 7.99. The maximum Gasteiger partial charge on any atom is 0.321 e. The first-order valence-electron chi connectivity index (χ1n) is 8.16. The van der Waals surface area contributed by atoms with Gasteiger partial charge < -0.3 is 5.11 Å². The number of hydrogen-bond donors (Lipinski definition) is 2. The Labute approximate surface area is 156 Å². The van der Waals surface area contributed by atoms with Crippen molar-refractivity contribution in [3.05, 3.63) is 71.1 Å². The van der Waals surface area contributed by atoms with Crippen LogP contribution in [0.25, 0.3) is 10.1 Å². The molecule has 136 valence electrons. The van der Waals surface area contributed by atoms with E-state index in [-0.39, 0.29) is 12.2 Å². The summed E-state index contributed by atoms with van der Waals surface area (Å²) < 4.78 is 28.3. The van der Waals surface area contributed by atoms with Gasteiger partial charge in [-0.1, -0.05) is 36.4 Å². The number of aryl methyl sites for hydroxylation is 1. The summed E-state index contributed by atoms with van der Waals surface area (Å²) >= 11 is 1.59. The zero-order valence-corrected chi connectivity index (χ0v) is 15.6. The Morgan fingerprint density at radius 1 is 1.08 bits per heavy atom. The molecule has 0 fully saturated rings. The van der Waals surface area contributed by atoms with Crippen LogP contribution >= 0.6 is 11.3 Å². The van der Waals surface area contributed by atoms with Gasteiger partial charge in [0.15, 0.2) is 0 Å². The summed E-state index contributed by atoms with van der Waals surface area (Å²) in [5, 5.41) is 12.3. The minimum Gasteiger partial charge on any atom is -0.480 e. The number of carbonyl (C=O) groups is 1. The van der Waals surface area contributed by atoms with Crippen molar-refractivity contribution >= 4 is 37.4 Å². The van der Waals surface area contributed by atoms with Gasteiger partial charge in [-0.25, -0.2) is 13.1 Å². The number of sulfonamides is 1. The number of aliphatic carboxylic acids is 1. The lowest BCUT2D eigenvalue weighted by molar-refractivity contribution is -0.139. The Morgan fingerprint density at radius 2 is 1.85 bits per heavy atom. The van der Waals surface area contributed by atoms with E-state index in [0.717, 1.165) is 15.6 Å². The smallest absolute Gasteiger partial charge is 0.321 e. The third-order valence-corrected chi connectivity index (χ3v) is 6.31. The normalized spacial score (nSPS) is 12.9. The van der Waals surface area contributed by atoms with E-state index < -0.39 is 22.0 Å². The number of carboxylic acids is 1. The van der Waals surface area contributed by atoms with Crippen molar-refractivity contribution in [2.75, 3.05) is 0 Å². The molecule has 1 heterocycles. The van der Waals surface area contributed by atoms with Crippen molar-refractivity contribution in [2.24, 2.45) is 0 Å². The van der Waals surface area contributed by atoms with E-state index in [1.165, 1.54) is 0 Å².